The van der Waals surface area contributed by atoms with Crippen LogP contribution in [-0.4, -0.2) is 38.1 Å². The summed E-state index contributed by atoms with van der Waals surface area (Å²) in [6.07, 6.45) is 0.0799. The summed E-state index contributed by atoms with van der Waals surface area (Å²) in [5.41, 5.74) is 1.56. The van der Waals surface area contributed by atoms with Gasteiger partial charge in [-0.05, 0) is 24.3 Å². The smallest absolute Gasteiger partial charge is 0.257 e. The number of nitrogens with one attached hydrogen (secondary N) is 2. The molecule has 0 saturated heterocycles. The van der Waals surface area contributed by atoms with Crippen LogP contribution in [-0.2, 0) is 11.2 Å². The molecule has 0 aliphatic heterocycles. The fourth-order valence-corrected chi connectivity index (χ4v) is 3.33. The lowest BCUT2D eigenvalue weighted by Gasteiger charge is -2.08. The minimum Gasteiger partial charge on any atom is -0.497 e. The van der Waals surface area contributed by atoms with Crippen LogP contribution in [0.5, 0.6) is 17.2 Å². The van der Waals surface area contributed by atoms with Gasteiger partial charge in [0.25, 0.3) is 5.91 Å². The van der Waals surface area contributed by atoms with E-state index in [1.54, 1.807) is 55.0 Å². The summed E-state index contributed by atoms with van der Waals surface area (Å²) in [4.78, 5) is 29.1. The molecule has 0 atom stereocenters. The molecule has 3 rings (SSSR count). The Morgan fingerprint density at radius 2 is 1.63 bits per heavy atom. The fraction of sp³-hybridized carbons (Fsp3) is 0.190. The van der Waals surface area contributed by atoms with Crippen LogP contribution < -0.4 is 24.8 Å². The van der Waals surface area contributed by atoms with E-state index in [1.807, 2.05) is 0 Å². The van der Waals surface area contributed by atoms with Crippen LogP contribution in [0, 0.1) is 0 Å². The van der Waals surface area contributed by atoms with E-state index in [1.165, 1.54) is 25.6 Å². The Labute approximate surface area is 177 Å². The van der Waals surface area contributed by atoms with Crippen molar-refractivity contribution in [3.8, 4) is 17.2 Å². The van der Waals surface area contributed by atoms with Crippen LogP contribution in [0.3, 0.4) is 0 Å². The van der Waals surface area contributed by atoms with E-state index >= 15 is 0 Å². The van der Waals surface area contributed by atoms with Crippen molar-refractivity contribution in [2.75, 3.05) is 32.0 Å². The number of ether oxygens (including phenoxy) is 3. The molecule has 8 nitrogen and oxygen atoms in total. The summed E-state index contributed by atoms with van der Waals surface area (Å²) in [6, 6.07) is 12.0. The van der Waals surface area contributed by atoms with Crippen molar-refractivity contribution in [1.82, 2.24) is 4.98 Å². The number of hydrogen-bond donors (Lipinski definition) is 2. The summed E-state index contributed by atoms with van der Waals surface area (Å²) in [5.74, 6) is 1.10. The minimum absolute atomic E-state index is 0.0799. The molecule has 9 heteroatoms. The van der Waals surface area contributed by atoms with Gasteiger partial charge < -0.3 is 19.5 Å². The first kappa shape index (κ1) is 21.1. The third-order valence-electron chi connectivity index (χ3n) is 4.08. The predicted octanol–water partition coefficient (Wildman–Crippen LogP) is 3.60. The Morgan fingerprint density at radius 3 is 2.30 bits per heavy atom. The van der Waals surface area contributed by atoms with Gasteiger partial charge in [0.05, 0.1) is 33.4 Å². The topological polar surface area (TPSA) is 98.8 Å². The molecular formula is C21H21N3O5S. The molecule has 0 aliphatic carbocycles. The lowest BCUT2D eigenvalue weighted by molar-refractivity contribution is -0.115. The summed E-state index contributed by atoms with van der Waals surface area (Å²) >= 11 is 1.24. The maximum atomic E-state index is 12.5. The van der Waals surface area contributed by atoms with Gasteiger partial charge in [-0.1, -0.05) is 6.07 Å². The molecule has 3 aromatic rings. The van der Waals surface area contributed by atoms with E-state index in [0.29, 0.717) is 39.3 Å². The van der Waals surface area contributed by atoms with Crippen LogP contribution >= 0.6 is 11.3 Å². The number of thiazole rings is 1. The van der Waals surface area contributed by atoms with Gasteiger partial charge in [-0.15, -0.1) is 11.3 Å². The number of carbonyl (C=O) groups is 2. The highest BCUT2D eigenvalue weighted by molar-refractivity contribution is 7.14. The fourth-order valence-electron chi connectivity index (χ4n) is 2.62. The Hall–Kier alpha value is -3.59. The summed E-state index contributed by atoms with van der Waals surface area (Å²) in [6.45, 7) is 0. The highest BCUT2D eigenvalue weighted by Crippen LogP contribution is 2.24. The van der Waals surface area contributed by atoms with Gasteiger partial charge in [-0.2, -0.15) is 0 Å². The van der Waals surface area contributed by atoms with Crippen LogP contribution in [0.1, 0.15) is 16.1 Å². The predicted molar refractivity (Wildman–Crippen MR) is 115 cm³/mol. The molecule has 0 aliphatic rings. The lowest BCUT2D eigenvalue weighted by atomic mass is 10.2. The normalized spacial score (nSPS) is 10.2. The Bertz CT molecular complexity index is 1030. The molecule has 1 heterocycles. The second-order valence-corrected chi connectivity index (χ2v) is 7.01. The van der Waals surface area contributed by atoms with Gasteiger partial charge in [0.2, 0.25) is 5.91 Å². The highest BCUT2D eigenvalue weighted by atomic mass is 32.1. The SMILES string of the molecule is COc1cccc(NC(=O)Cc2csc(NC(=O)c3cc(OC)cc(OC)c3)n2)c1. The monoisotopic (exact) mass is 427 g/mol. The number of hydrogen-bond acceptors (Lipinski definition) is 7. The Balaban J connectivity index is 1.62. The molecule has 2 N–H and O–H groups in total. The van der Waals surface area contributed by atoms with E-state index in [4.69, 9.17) is 14.2 Å². The average Bonchev–Trinajstić information content (AvgIpc) is 3.19. The zero-order chi connectivity index (χ0) is 21.5. The second kappa shape index (κ2) is 9.75. The van der Waals surface area contributed by atoms with E-state index < -0.39 is 0 Å². The van der Waals surface area contributed by atoms with Gasteiger partial charge in [-0.25, -0.2) is 4.98 Å². The molecule has 156 valence electrons. The minimum atomic E-state index is -0.353. The number of benzene rings is 2. The van der Waals surface area contributed by atoms with Gasteiger partial charge >= 0.3 is 0 Å². The first-order valence-corrected chi connectivity index (χ1v) is 9.81. The number of anilines is 2. The zero-order valence-corrected chi connectivity index (χ0v) is 17.5. The van der Waals surface area contributed by atoms with Crippen molar-refractivity contribution in [2.45, 2.75) is 6.42 Å². The molecule has 2 amide bonds. The second-order valence-electron chi connectivity index (χ2n) is 6.16. The first-order valence-electron chi connectivity index (χ1n) is 8.93. The number of amides is 2. The lowest BCUT2D eigenvalue weighted by Crippen LogP contribution is -2.15. The maximum Gasteiger partial charge on any atom is 0.257 e. The van der Waals surface area contributed by atoms with E-state index in [9.17, 15) is 9.59 Å². The van der Waals surface area contributed by atoms with E-state index in [0.717, 1.165) is 0 Å². The zero-order valence-electron chi connectivity index (χ0n) is 16.7. The van der Waals surface area contributed by atoms with Gasteiger partial charge in [0, 0.05) is 28.8 Å². The van der Waals surface area contributed by atoms with Crippen LogP contribution in [0.15, 0.2) is 47.8 Å². The first-order chi connectivity index (χ1) is 14.5. The maximum absolute atomic E-state index is 12.5. The summed E-state index contributed by atoms with van der Waals surface area (Å²) < 4.78 is 15.5. The van der Waals surface area contributed by atoms with Crippen LogP contribution in [0.4, 0.5) is 10.8 Å². The van der Waals surface area contributed by atoms with Crippen LogP contribution in [0.25, 0.3) is 0 Å². The van der Waals surface area contributed by atoms with Crippen molar-refractivity contribution in [3.63, 3.8) is 0 Å². The number of rotatable bonds is 8. The molecule has 0 saturated carbocycles. The number of carbonyl (C=O) groups excluding carboxylic acids is 2. The van der Waals surface area contributed by atoms with Crippen molar-refractivity contribution in [2.24, 2.45) is 0 Å². The third-order valence-corrected chi connectivity index (χ3v) is 4.89. The standard InChI is InChI=1S/C21H21N3O5S/c1-27-16-6-4-5-14(9-16)22-19(25)10-15-12-30-21(23-15)24-20(26)13-7-17(28-2)11-18(8-13)29-3/h4-9,11-12H,10H2,1-3H3,(H,22,25)(H,23,24,26). The molecule has 0 unspecified atom stereocenters. The molecule has 30 heavy (non-hydrogen) atoms. The molecule has 1 aromatic heterocycles. The van der Waals surface area contributed by atoms with Gasteiger partial charge in [-0.3, -0.25) is 14.9 Å². The number of methoxy groups -OCH3 is 3. The molecule has 0 fully saturated rings. The van der Waals surface area contributed by atoms with Gasteiger partial charge in [0.1, 0.15) is 17.2 Å². The summed E-state index contributed by atoms with van der Waals surface area (Å²) in [7, 11) is 4.59. The molecule has 0 spiro atoms. The Kier molecular flexibility index (Phi) is 6.87. The van der Waals surface area contributed by atoms with Crippen molar-refractivity contribution >= 4 is 34.0 Å². The quantitative estimate of drug-likeness (QED) is 0.570. The van der Waals surface area contributed by atoms with Crippen molar-refractivity contribution in [1.29, 1.82) is 0 Å². The number of nitrogens with zero attached hydrogens (tertiary/aromatic N) is 1. The largest absolute Gasteiger partial charge is 0.497 e. The molecule has 0 bridgehead atoms. The third kappa shape index (κ3) is 5.48. The van der Waals surface area contributed by atoms with Crippen molar-refractivity contribution in [3.05, 3.63) is 59.1 Å². The highest BCUT2D eigenvalue weighted by Gasteiger charge is 2.14. The number of aromatic nitrogens is 1. The molecule has 2 aromatic carbocycles. The van der Waals surface area contributed by atoms with Crippen LogP contribution in [0.2, 0.25) is 0 Å². The van der Waals surface area contributed by atoms with E-state index in [2.05, 4.69) is 15.6 Å². The average molecular weight is 427 g/mol. The molecular weight excluding hydrogens is 406 g/mol. The van der Waals surface area contributed by atoms with Gasteiger partial charge in [0.15, 0.2) is 5.13 Å². The Morgan fingerprint density at radius 1 is 0.933 bits per heavy atom. The van der Waals surface area contributed by atoms with E-state index in [-0.39, 0.29) is 18.2 Å². The molecule has 0 radical (unpaired) electrons. The van der Waals surface area contributed by atoms with Crippen molar-refractivity contribution < 1.29 is 23.8 Å². The summed E-state index contributed by atoms with van der Waals surface area (Å²) in [5, 5.41) is 7.65.